The number of aliphatic hydroxyl groups is 1. The molecule has 0 fully saturated rings. The number of carbonyl (C=O) groups excluding carboxylic acids is 1. The summed E-state index contributed by atoms with van der Waals surface area (Å²) in [6.07, 6.45) is 3.83. The standard InChI is InChI=1S/C14H17NO4/c1-2-11(8-16)15-14(17)6-4-10-3-5-12-13(7-10)19-9-18-12/h3-7,11,16H,2,8-9H2,1H3,(H,15,17)/b6-4+/t11-/m1/s1. The number of rotatable bonds is 5. The first-order valence-corrected chi connectivity index (χ1v) is 6.22. The molecule has 5 heteroatoms. The lowest BCUT2D eigenvalue weighted by atomic mass is 10.2. The van der Waals surface area contributed by atoms with Crippen LogP contribution in [0.4, 0.5) is 0 Å². The van der Waals surface area contributed by atoms with Crippen molar-refractivity contribution in [3.8, 4) is 11.5 Å². The lowest BCUT2D eigenvalue weighted by molar-refractivity contribution is -0.117. The quantitative estimate of drug-likeness (QED) is 0.786. The van der Waals surface area contributed by atoms with Crippen LogP contribution < -0.4 is 14.8 Å². The average molecular weight is 263 g/mol. The Labute approximate surface area is 111 Å². The van der Waals surface area contributed by atoms with Gasteiger partial charge in [-0.3, -0.25) is 4.79 Å². The van der Waals surface area contributed by atoms with Gasteiger partial charge in [0.15, 0.2) is 11.5 Å². The van der Waals surface area contributed by atoms with E-state index in [2.05, 4.69) is 5.32 Å². The molecule has 19 heavy (non-hydrogen) atoms. The van der Waals surface area contributed by atoms with Crippen molar-refractivity contribution in [1.82, 2.24) is 5.32 Å². The largest absolute Gasteiger partial charge is 0.454 e. The minimum Gasteiger partial charge on any atom is -0.454 e. The third-order valence-electron chi connectivity index (χ3n) is 2.88. The minimum absolute atomic E-state index is 0.0555. The van der Waals surface area contributed by atoms with Crippen LogP contribution in [0.3, 0.4) is 0 Å². The molecule has 1 heterocycles. The molecule has 5 nitrogen and oxygen atoms in total. The van der Waals surface area contributed by atoms with Crippen LogP contribution in [0.25, 0.3) is 6.08 Å². The topological polar surface area (TPSA) is 67.8 Å². The van der Waals surface area contributed by atoms with E-state index in [0.29, 0.717) is 17.9 Å². The number of nitrogens with one attached hydrogen (secondary N) is 1. The molecule has 1 aromatic rings. The minimum atomic E-state index is -0.224. The van der Waals surface area contributed by atoms with Crippen molar-refractivity contribution in [3.63, 3.8) is 0 Å². The van der Waals surface area contributed by atoms with E-state index < -0.39 is 0 Å². The Balaban J connectivity index is 1.96. The second-order valence-corrected chi connectivity index (χ2v) is 4.24. The molecule has 1 aliphatic heterocycles. The first-order valence-electron chi connectivity index (χ1n) is 6.22. The highest BCUT2D eigenvalue weighted by molar-refractivity contribution is 5.92. The molecule has 1 atom stereocenters. The van der Waals surface area contributed by atoms with Crippen molar-refractivity contribution in [1.29, 1.82) is 0 Å². The van der Waals surface area contributed by atoms with Gasteiger partial charge >= 0.3 is 0 Å². The summed E-state index contributed by atoms with van der Waals surface area (Å²) in [5.41, 5.74) is 0.858. The van der Waals surface area contributed by atoms with Crippen molar-refractivity contribution in [2.24, 2.45) is 0 Å². The summed E-state index contributed by atoms with van der Waals surface area (Å²) in [4.78, 5) is 11.6. The molecular formula is C14H17NO4. The molecule has 2 rings (SSSR count). The molecule has 0 aliphatic carbocycles. The number of aliphatic hydroxyl groups excluding tert-OH is 1. The molecular weight excluding hydrogens is 246 g/mol. The van der Waals surface area contributed by atoms with E-state index in [1.165, 1.54) is 6.08 Å². The Morgan fingerprint density at radius 1 is 1.47 bits per heavy atom. The summed E-state index contributed by atoms with van der Waals surface area (Å²) >= 11 is 0. The summed E-state index contributed by atoms with van der Waals surface area (Å²) < 4.78 is 10.5. The summed E-state index contributed by atoms with van der Waals surface area (Å²) in [5.74, 6) is 1.18. The highest BCUT2D eigenvalue weighted by atomic mass is 16.7. The predicted molar refractivity (Wildman–Crippen MR) is 70.9 cm³/mol. The van der Waals surface area contributed by atoms with Gasteiger partial charge in [-0.05, 0) is 30.2 Å². The van der Waals surface area contributed by atoms with Crippen LogP contribution in [-0.2, 0) is 4.79 Å². The highest BCUT2D eigenvalue weighted by Gasteiger charge is 2.12. The molecule has 0 unspecified atom stereocenters. The predicted octanol–water partition coefficient (Wildman–Crippen LogP) is 1.32. The second-order valence-electron chi connectivity index (χ2n) is 4.24. The van der Waals surface area contributed by atoms with Gasteiger partial charge in [0.2, 0.25) is 12.7 Å². The zero-order valence-electron chi connectivity index (χ0n) is 10.8. The molecule has 102 valence electrons. The van der Waals surface area contributed by atoms with E-state index in [4.69, 9.17) is 14.6 Å². The van der Waals surface area contributed by atoms with E-state index in [9.17, 15) is 4.79 Å². The molecule has 1 aromatic carbocycles. The fourth-order valence-electron chi connectivity index (χ4n) is 1.71. The third-order valence-corrected chi connectivity index (χ3v) is 2.88. The fraction of sp³-hybridized carbons (Fsp3) is 0.357. The van der Waals surface area contributed by atoms with Crippen LogP contribution in [0, 0.1) is 0 Å². The molecule has 1 amide bonds. The third kappa shape index (κ3) is 3.48. The molecule has 1 aliphatic rings. The van der Waals surface area contributed by atoms with E-state index in [-0.39, 0.29) is 25.3 Å². The van der Waals surface area contributed by atoms with E-state index in [1.54, 1.807) is 6.08 Å². The Kier molecular flexibility index (Phi) is 4.41. The lowest BCUT2D eigenvalue weighted by Gasteiger charge is -2.11. The maximum Gasteiger partial charge on any atom is 0.244 e. The van der Waals surface area contributed by atoms with Crippen molar-refractivity contribution in [3.05, 3.63) is 29.8 Å². The van der Waals surface area contributed by atoms with E-state index >= 15 is 0 Å². The maximum atomic E-state index is 11.6. The molecule has 0 saturated carbocycles. The lowest BCUT2D eigenvalue weighted by Crippen LogP contribution is -2.35. The fourth-order valence-corrected chi connectivity index (χ4v) is 1.71. The zero-order valence-corrected chi connectivity index (χ0v) is 10.8. The maximum absolute atomic E-state index is 11.6. The van der Waals surface area contributed by atoms with Gasteiger partial charge in [0.25, 0.3) is 0 Å². The van der Waals surface area contributed by atoms with Crippen LogP contribution in [-0.4, -0.2) is 30.5 Å². The number of carbonyl (C=O) groups is 1. The van der Waals surface area contributed by atoms with Gasteiger partial charge in [-0.1, -0.05) is 13.0 Å². The van der Waals surface area contributed by atoms with Crippen LogP contribution >= 0.6 is 0 Å². The zero-order chi connectivity index (χ0) is 13.7. The van der Waals surface area contributed by atoms with Gasteiger partial charge in [-0.25, -0.2) is 0 Å². The summed E-state index contributed by atoms with van der Waals surface area (Å²) in [6.45, 7) is 2.08. The van der Waals surface area contributed by atoms with Crippen molar-refractivity contribution in [2.75, 3.05) is 13.4 Å². The van der Waals surface area contributed by atoms with Crippen LogP contribution in [0.2, 0.25) is 0 Å². The van der Waals surface area contributed by atoms with Gasteiger partial charge in [0.05, 0.1) is 12.6 Å². The summed E-state index contributed by atoms with van der Waals surface area (Å²) in [6, 6.07) is 5.27. The average Bonchev–Trinajstić information content (AvgIpc) is 2.89. The molecule has 0 bridgehead atoms. The second kappa shape index (κ2) is 6.24. The van der Waals surface area contributed by atoms with Crippen molar-refractivity contribution < 1.29 is 19.4 Å². The van der Waals surface area contributed by atoms with E-state index in [1.807, 2.05) is 25.1 Å². The van der Waals surface area contributed by atoms with Gasteiger partial charge in [0.1, 0.15) is 0 Å². The summed E-state index contributed by atoms with van der Waals surface area (Å²) in [5, 5.41) is 11.7. The van der Waals surface area contributed by atoms with Crippen LogP contribution in [0.5, 0.6) is 11.5 Å². The Morgan fingerprint density at radius 2 is 2.26 bits per heavy atom. The number of ether oxygens (including phenoxy) is 2. The Hall–Kier alpha value is -2.01. The number of hydrogen-bond donors (Lipinski definition) is 2. The van der Waals surface area contributed by atoms with Crippen molar-refractivity contribution >= 4 is 12.0 Å². The summed E-state index contributed by atoms with van der Waals surface area (Å²) in [7, 11) is 0. The van der Waals surface area contributed by atoms with Crippen molar-refractivity contribution in [2.45, 2.75) is 19.4 Å². The molecule has 0 aromatic heterocycles. The number of benzene rings is 1. The number of amides is 1. The molecule has 2 N–H and O–H groups in total. The van der Waals surface area contributed by atoms with Gasteiger partial charge in [0, 0.05) is 6.08 Å². The monoisotopic (exact) mass is 263 g/mol. The van der Waals surface area contributed by atoms with Crippen LogP contribution in [0.1, 0.15) is 18.9 Å². The van der Waals surface area contributed by atoms with Gasteiger partial charge < -0.3 is 19.9 Å². The van der Waals surface area contributed by atoms with Gasteiger partial charge in [-0.15, -0.1) is 0 Å². The van der Waals surface area contributed by atoms with Crippen LogP contribution in [0.15, 0.2) is 24.3 Å². The Bertz CT molecular complexity index is 480. The molecule has 0 radical (unpaired) electrons. The highest BCUT2D eigenvalue weighted by Crippen LogP contribution is 2.32. The SMILES string of the molecule is CC[C@H](CO)NC(=O)/C=C/c1ccc2c(c1)OCO2. The van der Waals surface area contributed by atoms with Gasteiger partial charge in [-0.2, -0.15) is 0 Å². The molecule has 0 saturated heterocycles. The normalized spacial score (nSPS) is 14.6. The number of hydrogen-bond acceptors (Lipinski definition) is 4. The first-order chi connectivity index (χ1) is 9.22. The number of fused-ring (bicyclic) bond motifs is 1. The molecule has 0 spiro atoms. The Morgan fingerprint density at radius 3 is 3.00 bits per heavy atom. The smallest absolute Gasteiger partial charge is 0.244 e. The van der Waals surface area contributed by atoms with E-state index in [0.717, 1.165) is 5.56 Å². The first kappa shape index (κ1) is 13.4.